The molecule has 4 heteroatoms. The minimum atomic E-state index is 0.606. The van der Waals surface area contributed by atoms with Crippen LogP contribution in [0.4, 0.5) is 0 Å². The van der Waals surface area contributed by atoms with Gasteiger partial charge in [-0.25, -0.2) is 15.0 Å². The molecule has 0 radical (unpaired) electrons. The summed E-state index contributed by atoms with van der Waals surface area (Å²) < 4.78 is 0. The highest BCUT2D eigenvalue weighted by molar-refractivity contribution is 5.68. The Balaban J connectivity index is 1.69. The predicted molar refractivity (Wildman–Crippen MR) is 106 cm³/mol. The number of rotatable bonds is 3. The number of hydrogen-bond donors (Lipinski definition) is 0. The molecule has 1 heterocycles. The topological polar surface area (TPSA) is 62.5 Å². The lowest BCUT2D eigenvalue weighted by Gasteiger charge is -2.07. The standard InChI is InChI=1S/C23H16N4/c1-16-25-22(20-9-7-17(15-24)8-10-20)27-23(26-16)21-13-11-19(12-14-21)18-5-3-2-4-6-18/h2-14H,1H3. The zero-order valence-electron chi connectivity index (χ0n) is 14.8. The van der Waals surface area contributed by atoms with Gasteiger partial charge in [0.25, 0.3) is 0 Å². The molecule has 0 saturated heterocycles. The summed E-state index contributed by atoms with van der Waals surface area (Å²) in [5.41, 5.74) is 4.74. The van der Waals surface area contributed by atoms with E-state index >= 15 is 0 Å². The zero-order valence-corrected chi connectivity index (χ0v) is 14.8. The highest BCUT2D eigenvalue weighted by Gasteiger charge is 2.09. The zero-order chi connectivity index (χ0) is 18.6. The lowest BCUT2D eigenvalue weighted by molar-refractivity contribution is 0.992. The monoisotopic (exact) mass is 348 g/mol. The van der Waals surface area contributed by atoms with Gasteiger partial charge in [-0.2, -0.15) is 5.26 Å². The highest BCUT2D eigenvalue weighted by atomic mass is 15.0. The van der Waals surface area contributed by atoms with Gasteiger partial charge in [0.05, 0.1) is 11.6 Å². The van der Waals surface area contributed by atoms with E-state index in [0.29, 0.717) is 23.0 Å². The van der Waals surface area contributed by atoms with Crippen LogP contribution >= 0.6 is 0 Å². The molecule has 0 aliphatic rings. The molecule has 0 N–H and O–H groups in total. The van der Waals surface area contributed by atoms with Gasteiger partial charge in [0, 0.05) is 11.1 Å². The van der Waals surface area contributed by atoms with E-state index in [1.54, 1.807) is 12.1 Å². The first-order valence-electron chi connectivity index (χ1n) is 8.62. The Morgan fingerprint density at radius 2 is 1.07 bits per heavy atom. The van der Waals surface area contributed by atoms with E-state index in [-0.39, 0.29) is 0 Å². The largest absolute Gasteiger partial charge is 0.213 e. The summed E-state index contributed by atoms with van der Waals surface area (Å²) in [6.07, 6.45) is 0. The molecule has 0 bridgehead atoms. The maximum atomic E-state index is 8.95. The highest BCUT2D eigenvalue weighted by Crippen LogP contribution is 2.24. The van der Waals surface area contributed by atoms with Crippen LogP contribution in [-0.2, 0) is 0 Å². The second-order valence-corrected chi connectivity index (χ2v) is 6.16. The van der Waals surface area contributed by atoms with Gasteiger partial charge in [-0.15, -0.1) is 0 Å². The molecule has 0 amide bonds. The molecule has 4 rings (SSSR count). The molecule has 0 saturated carbocycles. The van der Waals surface area contributed by atoms with Gasteiger partial charge in [-0.3, -0.25) is 0 Å². The Labute approximate surface area is 157 Å². The van der Waals surface area contributed by atoms with Crippen molar-refractivity contribution in [3.8, 4) is 40.0 Å². The molecule has 3 aromatic carbocycles. The van der Waals surface area contributed by atoms with Gasteiger partial charge in [0.15, 0.2) is 11.6 Å². The van der Waals surface area contributed by atoms with Crippen molar-refractivity contribution in [1.82, 2.24) is 15.0 Å². The van der Waals surface area contributed by atoms with Crippen molar-refractivity contribution in [2.24, 2.45) is 0 Å². The van der Waals surface area contributed by atoms with Crippen molar-refractivity contribution in [2.45, 2.75) is 6.92 Å². The SMILES string of the molecule is Cc1nc(-c2ccc(C#N)cc2)nc(-c2ccc(-c3ccccc3)cc2)n1. The Morgan fingerprint density at radius 1 is 0.593 bits per heavy atom. The number of nitrogens with zero attached hydrogens (tertiary/aromatic N) is 4. The number of benzene rings is 3. The van der Waals surface area contributed by atoms with Crippen molar-refractivity contribution in [3.05, 3.63) is 90.3 Å². The lowest BCUT2D eigenvalue weighted by Crippen LogP contribution is -1.99. The van der Waals surface area contributed by atoms with E-state index in [4.69, 9.17) is 5.26 Å². The molecule has 0 fully saturated rings. The Hall–Kier alpha value is -3.84. The van der Waals surface area contributed by atoms with Gasteiger partial charge in [-0.1, -0.05) is 54.6 Å². The van der Waals surface area contributed by atoms with Crippen molar-refractivity contribution in [2.75, 3.05) is 0 Å². The van der Waals surface area contributed by atoms with Crippen molar-refractivity contribution < 1.29 is 0 Å². The third-order valence-electron chi connectivity index (χ3n) is 4.27. The van der Waals surface area contributed by atoms with Gasteiger partial charge in [0.1, 0.15) is 5.82 Å². The van der Waals surface area contributed by atoms with Crippen molar-refractivity contribution >= 4 is 0 Å². The summed E-state index contributed by atoms with van der Waals surface area (Å²) in [5, 5.41) is 8.95. The first kappa shape index (κ1) is 16.6. The molecule has 4 nitrogen and oxygen atoms in total. The second kappa shape index (κ2) is 7.19. The minimum Gasteiger partial charge on any atom is -0.213 e. The first-order chi connectivity index (χ1) is 13.2. The maximum absolute atomic E-state index is 8.95. The summed E-state index contributed by atoms with van der Waals surface area (Å²) in [7, 11) is 0. The molecule has 4 aromatic rings. The van der Waals surface area contributed by atoms with Gasteiger partial charge >= 0.3 is 0 Å². The maximum Gasteiger partial charge on any atom is 0.163 e. The average Bonchev–Trinajstić information content (AvgIpc) is 2.74. The summed E-state index contributed by atoms with van der Waals surface area (Å²) in [4.78, 5) is 13.6. The van der Waals surface area contributed by atoms with Crippen LogP contribution in [0.3, 0.4) is 0 Å². The van der Waals surface area contributed by atoms with Crippen molar-refractivity contribution in [1.29, 1.82) is 5.26 Å². The first-order valence-corrected chi connectivity index (χ1v) is 8.62. The molecule has 128 valence electrons. The Bertz CT molecular complexity index is 1110. The summed E-state index contributed by atoms with van der Waals surface area (Å²) in [5.74, 6) is 1.90. The molecule has 27 heavy (non-hydrogen) atoms. The molecular weight excluding hydrogens is 332 g/mol. The van der Waals surface area contributed by atoms with Crippen molar-refractivity contribution in [3.63, 3.8) is 0 Å². The van der Waals surface area contributed by atoms with Crippen LogP contribution in [0.15, 0.2) is 78.9 Å². The van der Waals surface area contributed by atoms with Crippen LogP contribution in [0.2, 0.25) is 0 Å². The number of aryl methyl sites for hydroxylation is 1. The van der Waals surface area contributed by atoms with Crippen LogP contribution in [0.5, 0.6) is 0 Å². The van der Waals surface area contributed by atoms with Crippen LogP contribution in [0, 0.1) is 18.3 Å². The average molecular weight is 348 g/mol. The van der Waals surface area contributed by atoms with E-state index in [2.05, 4.69) is 45.3 Å². The summed E-state index contributed by atoms with van der Waals surface area (Å²) in [6, 6.07) is 27.8. The predicted octanol–water partition coefficient (Wildman–Crippen LogP) is 5.05. The van der Waals surface area contributed by atoms with Crippen LogP contribution in [0.25, 0.3) is 33.9 Å². The number of aromatic nitrogens is 3. The van der Waals surface area contributed by atoms with E-state index < -0.39 is 0 Å². The smallest absolute Gasteiger partial charge is 0.163 e. The molecule has 0 aliphatic heterocycles. The number of hydrogen-bond acceptors (Lipinski definition) is 4. The van der Waals surface area contributed by atoms with Crippen LogP contribution in [0.1, 0.15) is 11.4 Å². The van der Waals surface area contributed by atoms with Gasteiger partial charge in [0.2, 0.25) is 0 Å². The van der Waals surface area contributed by atoms with E-state index in [9.17, 15) is 0 Å². The van der Waals surface area contributed by atoms with E-state index in [0.717, 1.165) is 16.7 Å². The summed E-state index contributed by atoms with van der Waals surface area (Å²) in [6.45, 7) is 1.86. The Morgan fingerprint density at radius 3 is 1.63 bits per heavy atom. The van der Waals surface area contributed by atoms with Gasteiger partial charge < -0.3 is 0 Å². The van der Waals surface area contributed by atoms with E-state index in [1.807, 2.05) is 49.4 Å². The Kier molecular flexibility index (Phi) is 4.42. The quantitative estimate of drug-likeness (QED) is 0.519. The van der Waals surface area contributed by atoms with Crippen LogP contribution < -0.4 is 0 Å². The normalized spacial score (nSPS) is 10.4. The molecule has 0 unspecified atom stereocenters. The molecule has 0 atom stereocenters. The summed E-state index contributed by atoms with van der Waals surface area (Å²) >= 11 is 0. The molecule has 0 spiro atoms. The molecule has 0 aliphatic carbocycles. The van der Waals surface area contributed by atoms with Crippen LogP contribution in [-0.4, -0.2) is 15.0 Å². The third-order valence-corrected chi connectivity index (χ3v) is 4.27. The minimum absolute atomic E-state index is 0.606. The fourth-order valence-electron chi connectivity index (χ4n) is 2.88. The fraction of sp³-hybridized carbons (Fsp3) is 0.0435. The fourth-order valence-corrected chi connectivity index (χ4v) is 2.88. The molecule has 1 aromatic heterocycles. The molecular formula is C23H16N4. The van der Waals surface area contributed by atoms with Gasteiger partial charge in [-0.05, 0) is 42.3 Å². The second-order valence-electron chi connectivity index (χ2n) is 6.16. The lowest BCUT2D eigenvalue weighted by atomic mass is 10.0. The number of nitriles is 1. The third kappa shape index (κ3) is 3.58. The van der Waals surface area contributed by atoms with E-state index in [1.165, 1.54) is 5.56 Å².